The van der Waals surface area contributed by atoms with Crippen molar-refractivity contribution < 1.29 is 0 Å². The summed E-state index contributed by atoms with van der Waals surface area (Å²) >= 11 is 3.49. The van der Waals surface area contributed by atoms with E-state index in [0.717, 1.165) is 6.54 Å². The monoisotopic (exact) mass is 225 g/mol. The summed E-state index contributed by atoms with van der Waals surface area (Å²) in [5, 5.41) is 0. The zero-order valence-electron chi connectivity index (χ0n) is 7.18. The summed E-state index contributed by atoms with van der Waals surface area (Å²) in [4.78, 5) is 2.42. The zero-order chi connectivity index (χ0) is 8.55. The normalized spacial score (nSPS) is 15.0. The number of fused-ring (bicyclic) bond motifs is 1. The molecule has 1 nitrogen and oxygen atoms in total. The van der Waals surface area contributed by atoms with Crippen molar-refractivity contribution in [3.05, 3.63) is 28.2 Å². The van der Waals surface area contributed by atoms with Crippen LogP contribution in [0.2, 0.25) is 0 Å². The lowest BCUT2D eigenvalue weighted by atomic mass is 10.2. The van der Waals surface area contributed by atoms with Gasteiger partial charge in [0.05, 0.1) is 0 Å². The van der Waals surface area contributed by atoms with Crippen LogP contribution in [0.3, 0.4) is 0 Å². The molecule has 0 amide bonds. The number of hydrogen-bond acceptors (Lipinski definition) is 1. The fourth-order valence-corrected chi connectivity index (χ4v) is 2.18. The number of likely N-dealkylation sites (N-methyl/N-ethyl adjacent to an activating group) is 1. The molecule has 0 N–H and O–H groups in total. The van der Waals surface area contributed by atoms with Gasteiger partial charge in [0, 0.05) is 23.2 Å². The average Bonchev–Trinajstić information content (AvgIpc) is 2.46. The summed E-state index contributed by atoms with van der Waals surface area (Å²) in [7, 11) is 0. The molecule has 0 aliphatic carbocycles. The molecule has 0 unspecified atom stereocenters. The number of anilines is 1. The van der Waals surface area contributed by atoms with E-state index in [1.807, 2.05) is 0 Å². The Balaban J connectivity index is 2.40. The quantitative estimate of drug-likeness (QED) is 0.711. The molecule has 0 radical (unpaired) electrons. The molecule has 1 aromatic carbocycles. The summed E-state index contributed by atoms with van der Waals surface area (Å²) in [5.41, 5.74) is 2.90. The molecule has 1 aliphatic heterocycles. The first-order chi connectivity index (χ1) is 5.81. The van der Waals surface area contributed by atoms with Crippen LogP contribution in [0.25, 0.3) is 0 Å². The van der Waals surface area contributed by atoms with Crippen molar-refractivity contribution in [1.29, 1.82) is 0 Å². The summed E-state index contributed by atoms with van der Waals surface area (Å²) in [6, 6.07) is 6.55. The van der Waals surface area contributed by atoms with Gasteiger partial charge in [-0.25, -0.2) is 0 Å². The molecule has 1 aromatic rings. The van der Waals surface area contributed by atoms with E-state index >= 15 is 0 Å². The van der Waals surface area contributed by atoms with E-state index in [2.05, 4.69) is 46.0 Å². The van der Waals surface area contributed by atoms with Crippen molar-refractivity contribution in [3.8, 4) is 0 Å². The second kappa shape index (κ2) is 3.09. The Kier molecular flexibility index (Phi) is 2.09. The number of benzene rings is 1. The number of hydrogen-bond donors (Lipinski definition) is 0. The number of rotatable bonds is 1. The van der Waals surface area contributed by atoms with Crippen molar-refractivity contribution in [2.75, 3.05) is 18.0 Å². The van der Waals surface area contributed by atoms with Crippen LogP contribution in [0.5, 0.6) is 0 Å². The van der Waals surface area contributed by atoms with Crippen LogP contribution in [-0.2, 0) is 6.42 Å². The van der Waals surface area contributed by atoms with Gasteiger partial charge in [-0.2, -0.15) is 0 Å². The van der Waals surface area contributed by atoms with Crippen molar-refractivity contribution in [2.24, 2.45) is 0 Å². The van der Waals surface area contributed by atoms with Crippen LogP contribution in [0, 0.1) is 0 Å². The fraction of sp³-hybridized carbons (Fsp3) is 0.400. The van der Waals surface area contributed by atoms with Gasteiger partial charge in [0.2, 0.25) is 0 Å². The molecule has 64 valence electrons. The molecule has 0 fully saturated rings. The minimum atomic E-state index is 1.12. The Labute approximate surface area is 81.5 Å². The van der Waals surface area contributed by atoms with Crippen molar-refractivity contribution in [1.82, 2.24) is 0 Å². The molecule has 2 rings (SSSR count). The third kappa shape index (κ3) is 1.24. The first-order valence-electron chi connectivity index (χ1n) is 4.34. The highest BCUT2D eigenvalue weighted by Crippen LogP contribution is 2.29. The maximum atomic E-state index is 3.49. The van der Waals surface area contributed by atoms with Gasteiger partial charge >= 0.3 is 0 Å². The first kappa shape index (κ1) is 8.11. The van der Waals surface area contributed by atoms with Crippen molar-refractivity contribution in [2.45, 2.75) is 13.3 Å². The van der Waals surface area contributed by atoms with Gasteiger partial charge in [-0.05, 0) is 37.1 Å². The molecular formula is C10H12BrN. The van der Waals surface area contributed by atoms with E-state index in [-0.39, 0.29) is 0 Å². The van der Waals surface area contributed by atoms with Gasteiger partial charge in [0.1, 0.15) is 0 Å². The Morgan fingerprint density at radius 1 is 1.50 bits per heavy atom. The van der Waals surface area contributed by atoms with Gasteiger partial charge < -0.3 is 4.90 Å². The topological polar surface area (TPSA) is 3.24 Å². The number of nitrogens with zero attached hydrogens (tertiary/aromatic N) is 1. The second-order valence-electron chi connectivity index (χ2n) is 3.10. The Bertz CT molecular complexity index is 296. The molecular weight excluding hydrogens is 214 g/mol. The molecule has 0 bridgehead atoms. The highest BCUT2D eigenvalue weighted by molar-refractivity contribution is 9.10. The third-order valence-corrected chi connectivity index (χ3v) is 2.91. The van der Waals surface area contributed by atoms with Crippen LogP contribution >= 0.6 is 15.9 Å². The zero-order valence-corrected chi connectivity index (χ0v) is 8.76. The van der Waals surface area contributed by atoms with Gasteiger partial charge in [-0.3, -0.25) is 0 Å². The summed E-state index contributed by atoms with van der Waals surface area (Å²) in [6.07, 6.45) is 1.20. The molecule has 0 spiro atoms. The smallest absolute Gasteiger partial charge is 0.0400 e. The molecule has 12 heavy (non-hydrogen) atoms. The maximum absolute atomic E-state index is 3.49. The average molecular weight is 226 g/mol. The van der Waals surface area contributed by atoms with Crippen LogP contribution in [0.4, 0.5) is 5.69 Å². The van der Waals surface area contributed by atoms with Crippen LogP contribution in [0.1, 0.15) is 12.5 Å². The van der Waals surface area contributed by atoms with Gasteiger partial charge in [0.15, 0.2) is 0 Å². The van der Waals surface area contributed by atoms with Crippen LogP contribution in [0.15, 0.2) is 22.7 Å². The number of halogens is 1. The first-order valence-corrected chi connectivity index (χ1v) is 5.14. The Morgan fingerprint density at radius 3 is 3.08 bits per heavy atom. The molecule has 0 aromatic heterocycles. The van der Waals surface area contributed by atoms with E-state index in [1.54, 1.807) is 0 Å². The highest BCUT2D eigenvalue weighted by Gasteiger charge is 2.16. The minimum absolute atomic E-state index is 1.12. The summed E-state index contributed by atoms with van der Waals surface area (Å²) < 4.78 is 1.19. The Morgan fingerprint density at radius 2 is 2.33 bits per heavy atom. The molecule has 1 heterocycles. The lowest BCUT2D eigenvalue weighted by Gasteiger charge is -2.16. The van der Waals surface area contributed by atoms with E-state index in [1.165, 1.54) is 28.7 Å². The molecule has 0 saturated carbocycles. The van der Waals surface area contributed by atoms with Gasteiger partial charge in [-0.15, -0.1) is 0 Å². The minimum Gasteiger partial charge on any atom is -0.371 e. The van der Waals surface area contributed by atoms with E-state index < -0.39 is 0 Å². The Hall–Kier alpha value is -0.500. The lowest BCUT2D eigenvalue weighted by Crippen LogP contribution is -2.18. The predicted molar refractivity (Wildman–Crippen MR) is 55.7 cm³/mol. The second-order valence-corrected chi connectivity index (χ2v) is 4.02. The predicted octanol–water partition coefficient (Wildman–Crippen LogP) is 2.83. The highest BCUT2D eigenvalue weighted by atomic mass is 79.9. The molecule has 2 heteroatoms. The third-order valence-electron chi connectivity index (χ3n) is 2.42. The van der Waals surface area contributed by atoms with Gasteiger partial charge in [-0.1, -0.05) is 15.9 Å². The van der Waals surface area contributed by atoms with Crippen molar-refractivity contribution in [3.63, 3.8) is 0 Å². The maximum Gasteiger partial charge on any atom is 0.0400 e. The molecule has 0 atom stereocenters. The van der Waals surface area contributed by atoms with Crippen LogP contribution < -0.4 is 4.90 Å². The molecule has 0 saturated heterocycles. The summed E-state index contributed by atoms with van der Waals surface area (Å²) in [6.45, 7) is 4.51. The van der Waals surface area contributed by atoms with E-state index in [9.17, 15) is 0 Å². The SMILES string of the molecule is CCN1CCc2cc(Br)ccc21. The fourth-order valence-electron chi connectivity index (χ4n) is 1.77. The summed E-state index contributed by atoms with van der Waals surface area (Å²) in [5.74, 6) is 0. The standard InChI is InChI=1S/C10H12BrN/c1-2-12-6-5-8-7-9(11)3-4-10(8)12/h3-4,7H,2,5-6H2,1H3. The van der Waals surface area contributed by atoms with E-state index in [4.69, 9.17) is 0 Å². The largest absolute Gasteiger partial charge is 0.371 e. The molecule has 1 aliphatic rings. The van der Waals surface area contributed by atoms with E-state index in [0.29, 0.717) is 0 Å². The lowest BCUT2D eigenvalue weighted by molar-refractivity contribution is 0.868. The van der Waals surface area contributed by atoms with Gasteiger partial charge in [0.25, 0.3) is 0 Å². The van der Waals surface area contributed by atoms with Crippen molar-refractivity contribution >= 4 is 21.6 Å². The van der Waals surface area contributed by atoms with Crippen LogP contribution in [-0.4, -0.2) is 13.1 Å².